The highest BCUT2D eigenvalue weighted by Crippen LogP contribution is 2.31. The lowest BCUT2D eigenvalue weighted by atomic mass is 9.99. The molecule has 1 aliphatic rings. The number of rotatable bonds is 7. The van der Waals surface area contributed by atoms with Crippen molar-refractivity contribution < 1.29 is 4.74 Å². The number of fused-ring (bicyclic) bond motifs is 1. The summed E-state index contributed by atoms with van der Waals surface area (Å²) in [5.74, 6) is 2.08. The lowest BCUT2D eigenvalue weighted by Gasteiger charge is -2.14. The minimum absolute atomic E-state index is 0.526. The van der Waals surface area contributed by atoms with Gasteiger partial charge in [-0.2, -0.15) is 4.98 Å². The maximum atomic E-state index is 5.44. The van der Waals surface area contributed by atoms with Crippen molar-refractivity contribution >= 4 is 49.9 Å². The Kier molecular flexibility index (Phi) is 6.28. The Morgan fingerprint density at radius 3 is 2.94 bits per heavy atom. The smallest absolute Gasteiger partial charge is 0.229 e. The third-order valence-electron chi connectivity index (χ3n) is 5.73. The van der Waals surface area contributed by atoms with E-state index in [0.29, 0.717) is 18.3 Å². The van der Waals surface area contributed by atoms with Gasteiger partial charge in [0.25, 0.3) is 0 Å². The van der Waals surface area contributed by atoms with E-state index in [-0.39, 0.29) is 0 Å². The van der Waals surface area contributed by atoms with Crippen molar-refractivity contribution in [1.82, 2.24) is 20.3 Å². The topological polar surface area (TPSA) is 86.9 Å². The molecule has 168 valence electrons. The molecule has 0 amide bonds. The first kappa shape index (κ1) is 21.5. The number of halogens is 1. The van der Waals surface area contributed by atoms with Crippen LogP contribution in [-0.2, 0) is 6.54 Å². The summed E-state index contributed by atoms with van der Waals surface area (Å²) in [5.41, 5.74) is 5.74. The lowest BCUT2D eigenvalue weighted by molar-refractivity contribution is 0.410. The van der Waals surface area contributed by atoms with Crippen LogP contribution in [0.25, 0.3) is 16.5 Å². The zero-order valence-electron chi connectivity index (χ0n) is 18.3. The number of anilines is 3. The first-order valence-electron chi connectivity index (χ1n) is 10.9. The molecule has 0 bridgehead atoms. The molecule has 0 aliphatic carbocycles. The van der Waals surface area contributed by atoms with Gasteiger partial charge in [-0.05, 0) is 58.7 Å². The van der Waals surface area contributed by atoms with Crippen molar-refractivity contribution in [3.63, 3.8) is 0 Å². The molecular weight excluding hydrogens is 480 g/mol. The molecule has 5 rings (SSSR count). The normalized spacial score (nSPS) is 13.6. The lowest BCUT2D eigenvalue weighted by Crippen LogP contribution is -2.19. The van der Waals surface area contributed by atoms with Crippen molar-refractivity contribution in [2.75, 3.05) is 30.8 Å². The summed E-state index contributed by atoms with van der Waals surface area (Å²) in [6.07, 6.45) is 7.15. The second kappa shape index (κ2) is 9.64. The maximum Gasteiger partial charge on any atom is 0.229 e. The SMILES string of the molecule is COc1ccccc1CNc1nc(Nc2ccc3[nH]cc(C4=CCNCC4)c3c2)ncc1Br. The average Bonchev–Trinajstić information content (AvgIpc) is 3.28. The Morgan fingerprint density at radius 2 is 2.09 bits per heavy atom. The molecule has 7 nitrogen and oxygen atoms in total. The standard InChI is InChI=1S/C25H25BrN6O/c1-33-23-5-3-2-4-17(23)13-29-24-21(26)15-30-25(32-24)31-18-6-7-22-19(12-18)20(14-28-22)16-8-10-27-11-9-16/h2-8,12,14-15,27-28H,9-11,13H2,1H3,(H2,29,30,31,32). The van der Waals surface area contributed by atoms with Gasteiger partial charge in [0, 0.05) is 53.2 Å². The van der Waals surface area contributed by atoms with E-state index in [9.17, 15) is 0 Å². The summed E-state index contributed by atoms with van der Waals surface area (Å²) in [4.78, 5) is 12.5. The number of nitrogens with one attached hydrogen (secondary N) is 4. The summed E-state index contributed by atoms with van der Waals surface area (Å²) < 4.78 is 6.24. The van der Waals surface area contributed by atoms with Gasteiger partial charge in [0.2, 0.25) is 5.95 Å². The van der Waals surface area contributed by atoms with Gasteiger partial charge in [-0.1, -0.05) is 24.3 Å². The average molecular weight is 505 g/mol. The molecule has 4 aromatic rings. The van der Waals surface area contributed by atoms with Crippen LogP contribution in [-0.4, -0.2) is 35.2 Å². The molecule has 0 fully saturated rings. The molecule has 8 heteroatoms. The summed E-state index contributed by atoms with van der Waals surface area (Å²) in [5, 5.41) is 11.3. The number of nitrogens with zero attached hydrogens (tertiary/aromatic N) is 2. The number of benzene rings is 2. The maximum absolute atomic E-state index is 5.44. The number of aromatic amines is 1. The molecule has 2 aromatic heterocycles. The number of H-pyrrole nitrogens is 1. The first-order chi connectivity index (χ1) is 16.2. The number of aromatic nitrogens is 3. The zero-order valence-corrected chi connectivity index (χ0v) is 19.9. The van der Waals surface area contributed by atoms with Crippen LogP contribution >= 0.6 is 15.9 Å². The fraction of sp³-hybridized carbons (Fsp3) is 0.200. The second-order valence-corrected chi connectivity index (χ2v) is 8.68. The molecule has 0 saturated heterocycles. The van der Waals surface area contributed by atoms with Crippen LogP contribution in [0.15, 0.2) is 65.4 Å². The highest BCUT2D eigenvalue weighted by molar-refractivity contribution is 9.10. The predicted octanol–water partition coefficient (Wildman–Crippen LogP) is 5.46. The van der Waals surface area contributed by atoms with Crippen LogP contribution < -0.4 is 20.7 Å². The molecule has 0 saturated carbocycles. The highest BCUT2D eigenvalue weighted by atomic mass is 79.9. The monoisotopic (exact) mass is 504 g/mol. The third-order valence-corrected chi connectivity index (χ3v) is 6.31. The summed E-state index contributed by atoms with van der Waals surface area (Å²) in [6, 6.07) is 14.2. The van der Waals surface area contributed by atoms with Crippen LogP contribution in [0.4, 0.5) is 17.5 Å². The molecule has 0 spiro atoms. The molecule has 0 radical (unpaired) electrons. The molecule has 0 unspecified atom stereocenters. The number of para-hydroxylation sites is 1. The van der Waals surface area contributed by atoms with E-state index in [0.717, 1.165) is 46.5 Å². The van der Waals surface area contributed by atoms with E-state index in [2.05, 4.69) is 71.2 Å². The van der Waals surface area contributed by atoms with Crippen molar-refractivity contribution in [3.8, 4) is 5.75 Å². The first-order valence-corrected chi connectivity index (χ1v) is 11.7. The summed E-state index contributed by atoms with van der Waals surface area (Å²) in [7, 11) is 1.68. The van der Waals surface area contributed by atoms with E-state index in [1.807, 2.05) is 30.3 Å². The molecule has 3 heterocycles. The number of ether oxygens (including phenoxy) is 1. The van der Waals surface area contributed by atoms with E-state index < -0.39 is 0 Å². The van der Waals surface area contributed by atoms with Gasteiger partial charge in [-0.15, -0.1) is 0 Å². The largest absolute Gasteiger partial charge is 0.496 e. The number of hydrogen-bond donors (Lipinski definition) is 4. The second-order valence-electron chi connectivity index (χ2n) is 7.83. The molecule has 4 N–H and O–H groups in total. The van der Waals surface area contributed by atoms with Crippen LogP contribution in [0.1, 0.15) is 17.5 Å². The fourth-order valence-electron chi connectivity index (χ4n) is 4.04. The van der Waals surface area contributed by atoms with Crippen molar-refractivity contribution in [3.05, 3.63) is 76.5 Å². The van der Waals surface area contributed by atoms with Gasteiger partial charge < -0.3 is 25.7 Å². The van der Waals surface area contributed by atoms with Crippen LogP contribution in [0.2, 0.25) is 0 Å². The van der Waals surface area contributed by atoms with Crippen LogP contribution in [0.5, 0.6) is 5.75 Å². The van der Waals surface area contributed by atoms with E-state index >= 15 is 0 Å². The van der Waals surface area contributed by atoms with Gasteiger partial charge in [-0.25, -0.2) is 4.98 Å². The summed E-state index contributed by atoms with van der Waals surface area (Å²) in [6.45, 7) is 2.51. The van der Waals surface area contributed by atoms with Crippen molar-refractivity contribution in [2.24, 2.45) is 0 Å². The van der Waals surface area contributed by atoms with Crippen molar-refractivity contribution in [1.29, 1.82) is 0 Å². The molecule has 33 heavy (non-hydrogen) atoms. The number of hydrogen-bond acceptors (Lipinski definition) is 6. The van der Waals surface area contributed by atoms with Crippen molar-refractivity contribution in [2.45, 2.75) is 13.0 Å². The highest BCUT2D eigenvalue weighted by Gasteiger charge is 2.12. The minimum Gasteiger partial charge on any atom is -0.496 e. The van der Waals surface area contributed by atoms with Crippen LogP contribution in [0, 0.1) is 0 Å². The molecule has 2 aromatic carbocycles. The van der Waals surface area contributed by atoms with Gasteiger partial charge >= 0.3 is 0 Å². The van der Waals surface area contributed by atoms with E-state index in [1.165, 1.54) is 16.5 Å². The van der Waals surface area contributed by atoms with Gasteiger partial charge in [0.15, 0.2) is 0 Å². The Hall–Kier alpha value is -3.36. The van der Waals surface area contributed by atoms with Gasteiger partial charge in [0.05, 0.1) is 11.6 Å². The van der Waals surface area contributed by atoms with Crippen LogP contribution in [0.3, 0.4) is 0 Å². The third kappa shape index (κ3) is 4.72. The van der Waals surface area contributed by atoms with E-state index in [1.54, 1.807) is 13.3 Å². The quantitative estimate of drug-likeness (QED) is 0.267. The number of methoxy groups -OCH3 is 1. The van der Waals surface area contributed by atoms with E-state index in [4.69, 9.17) is 4.74 Å². The molecular formula is C25H25BrN6O. The molecule has 0 atom stereocenters. The minimum atomic E-state index is 0.526. The van der Waals surface area contributed by atoms with Gasteiger partial charge in [-0.3, -0.25) is 0 Å². The fourth-order valence-corrected chi connectivity index (χ4v) is 4.37. The Balaban J connectivity index is 1.36. The Morgan fingerprint density at radius 1 is 1.18 bits per heavy atom. The Bertz CT molecular complexity index is 1320. The Labute approximate surface area is 200 Å². The van der Waals surface area contributed by atoms with Gasteiger partial charge in [0.1, 0.15) is 11.6 Å². The molecule has 1 aliphatic heterocycles. The predicted molar refractivity (Wildman–Crippen MR) is 137 cm³/mol. The summed E-state index contributed by atoms with van der Waals surface area (Å²) >= 11 is 3.54. The zero-order chi connectivity index (χ0) is 22.6.